The van der Waals surface area contributed by atoms with E-state index >= 15 is 0 Å². The Hall–Kier alpha value is -1.41. The summed E-state index contributed by atoms with van der Waals surface area (Å²) < 4.78 is 24.4. The second-order valence-electron chi connectivity index (χ2n) is 6.93. The predicted octanol–water partition coefficient (Wildman–Crippen LogP) is 3.52. The van der Waals surface area contributed by atoms with Crippen LogP contribution in [0.2, 0.25) is 0 Å². The molecule has 2 aliphatic heterocycles. The molecule has 0 saturated carbocycles. The van der Waals surface area contributed by atoms with E-state index in [1.165, 1.54) is 0 Å². The van der Waals surface area contributed by atoms with Crippen LogP contribution in [0.5, 0.6) is 0 Å². The molecule has 5 nitrogen and oxygen atoms in total. The molecule has 2 heterocycles. The lowest BCUT2D eigenvalue weighted by Crippen LogP contribution is -2.61. The molecule has 0 amide bonds. The zero-order valence-electron chi connectivity index (χ0n) is 15.8. The van der Waals surface area contributed by atoms with Crippen LogP contribution >= 0.6 is 11.8 Å². The van der Waals surface area contributed by atoms with Gasteiger partial charge in [0.2, 0.25) is 0 Å². The van der Waals surface area contributed by atoms with Crippen molar-refractivity contribution in [2.75, 3.05) is 12.4 Å². The van der Waals surface area contributed by atoms with Crippen LogP contribution in [-0.2, 0) is 25.6 Å². The molecule has 0 bridgehead atoms. The van der Waals surface area contributed by atoms with Gasteiger partial charge in [-0.1, -0.05) is 67.6 Å². The van der Waals surface area contributed by atoms with Gasteiger partial charge in [-0.25, -0.2) is 0 Å². The summed E-state index contributed by atoms with van der Waals surface area (Å²) in [5.74, 6) is 0.846. The van der Waals surface area contributed by atoms with Crippen molar-refractivity contribution in [3.05, 3.63) is 71.8 Å². The van der Waals surface area contributed by atoms with Gasteiger partial charge in [-0.05, 0) is 11.3 Å². The second kappa shape index (κ2) is 9.39. The standard InChI is InChI=1S/C22H26O5S/c1-2-28-22-18(23)20(24-13-15-9-5-3-6-10-15)19-17(26-22)14-25-21(27-19)16-11-7-4-8-12-16/h3-12,17-23H,2,13-14H2,1H3/t17-,18+,19-,20-,21-,22-/m1/s1. The minimum absolute atomic E-state index is 0.270. The van der Waals surface area contributed by atoms with Crippen molar-refractivity contribution >= 4 is 11.8 Å². The highest BCUT2D eigenvalue weighted by Gasteiger charge is 2.50. The molecule has 6 heteroatoms. The molecule has 4 rings (SSSR count). The maximum atomic E-state index is 10.9. The SMILES string of the molecule is CCS[C@H]1O[C@@H]2CO[C@@H](c3ccccc3)O[C@H]2[C@H](OCc2ccccc2)[C@@H]1O. The minimum Gasteiger partial charge on any atom is -0.387 e. The van der Waals surface area contributed by atoms with Crippen molar-refractivity contribution in [1.82, 2.24) is 0 Å². The average molecular weight is 403 g/mol. The van der Waals surface area contributed by atoms with Crippen LogP contribution in [0.3, 0.4) is 0 Å². The molecular formula is C22H26O5S. The number of hydrogen-bond donors (Lipinski definition) is 1. The third kappa shape index (κ3) is 4.43. The van der Waals surface area contributed by atoms with Crippen LogP contribution in [0.4, 0.5) is 0 Å². The van der Waals surface area contributed by atoms with Gasteiger partial charge in [-0.2, -0.15) is 0 Å². The van der Waals surface area contributed by atoms with E-state index in [9.17, 15) is 5.11 Å². The van der Waals surface area contributed by atoms with Gasteiger partial charge in [0, 0.05) is 5.56 Å². The maximum Gasteiger partial charge on any atom is 0.184 e. The third-order valence-electron chi connectivity index (χ3n) is 5.00. The van der Waals surface area contributed by atoms with Crippen LogP contribution in [0.25, 0.3) is 0 Å². The highest BCUT2D eigenvalue weighted by atomic mass is 32.2. The molecule has 2 fully saturated rings. The first-order chi connectivity index (χ1) is 13.8. The van der Waals surface area contributed by atoms with E-state index in [0.29, 0.717) is 13.2 Å². The highest BCUT2D eigenvalue weighted by molar-refractivity contribution is 7.99. The summed E-state index contributed by atoms with van der Waals surface area (Å²) >= 11 is 1.58. The average Bonchev–Trinajstić information content (AvgIpc) is 2.75. The van der Waals surface area contributed by atoms with Crippen molar-refractivity contribution in [1.29, 1.82) is 0 Å². The topological polar surface area (TPSA) is 57.2 Å². The first kappa shape index (κ1) is 19.9. The quantitative estimate of drug-likeness (QED) is 0.798. The summed E-state index contributed by atoms with van der Waals surface area (Å²) in [5, 5.41) is 10.9. The fraction of sp³-hybridized carbons (Fsp3) is 0.455. The Bertz CT molecular complexity index is 728. The van der Waals surface area contributed by atoms with Gasteiger partial charge in [-0.3, -0.25) is 0 Å². The zero-order valence-corrected chi connectivity index (χ0v) is 16.7. The lowest BCUT2D eigenvalue weighted by molar-refractivity contribution is -0.325. The summed E-state index contributed by atoms with van der Waals surface area (Å²) in [6.07, 6.45) is -2.42. The number of aliphatic hydroxyl groups excluding tert-OH is 1. The Labute approximate surface area is 169 Å². The number of fused-ring (bicyclic) bond motifs is 1. The fourth-order valence-corrected chi connectivity index (χ4v) is 4.50. The fourth-order valence-electron chi connectivity index (χ4n) is 3.60. The molecule has 150 valence electrons. The van der Waals surface area contributed by atoms with E-state index in [0.717, 1.165) is 16.9 Å². The summed E-state index contributed by atoms with van der Waals surface area (Å²) in [4.78, 5) is 0. The van der Waals surface area contributed by atoms with Crippen LogP contribution in [0.1, 0.15) is 24.3 Å². The first-order valence-corrected chi connectivity index (χ1v) is 10.7. The van der Waals surface area contributed by atoms with Crippen molar-refractivity contribution in [2.24, 2.45) is 0 Å². The van der Waals surface area contributed by atoms with Gasteiger partial charge in [0.05, 0.1) is 13.2 Å². The van der Waals surface area contributed by atoms with Crippen LogP contribution in [0, 0.1) is 0 Å². The zero-order chi connectivity index (χ0) is 19.3. The number of thioether (sulfide) groups is 1. The van der Waals surface area contributed by atoms with Crippen LogP contribution in [-0.4, -0.2) is 47.3 Å². The molecule has 6 atom stereocenters. The van der Waals surface area contributed by atoms with Gasteiger partial charge in [0.15, 0.2) is 6.29 Å². The number of benzene rings is 2. The van der Waals surface area contributed by atoms with E-state index in [-0.39, 0.29) is 11.5 Å². The van der Waals surface area contributed by atoms with Crippen LogP contribution in [0.15, 0.2) is 60.7 Å². The lowest BCUT2D eigenvalue weighted by Gasteiger charge is -2.47. The van der Waals surface area contributed by atoms with Gasteiger partial charge in [0.25, 0.3) is 0 Å². The lowest BCUT2D eigenvalue weighted by atomic mass is 9.98. The number of ether oxygens (including phenoxy) is 4. The smallest absolute Gasteiger partial charge is 0.184 e. The van der Waals surface area contributed by atoms with E-state index in [1.54, 1.807) is 11.8 Å². The van der Waals surface area contributed by atoms with Gasteiger partial charge in [0.1, 0.15) is 29.9 Å². The van der Waals surface area contributed by atoms with E-state index in [1.807, 2.05) is 67.6 Å². The number of aliphatic hydroxyl groups is 1. The Morgan fingerprint density at radius 1 is 1.04 bits per heavy atom. The van der Waals surface area contributed by atoms with Crippen LogP contribution < -0.4 is 0 Å². The Morgan fingerprint density at radius 3 is 2.46 bits per heavy atom. The molecule has 2 aliphatic rings. The highest BCUT2D eigenvalue weighted by Crippen LogP contribution is 2.38. The second-order valence-corrected chi connectivity index (χ2v) is 8.30. The van der Waals surface area contributed by atoms with E-state index in [4.69, 9.17) is 18.9 Å². The Balaban J connectivity index is 1.52. The third-order valence-corrected chi connectivity index (χ3v) is 6.05. The van der Waals surface area contributed by atoms with Gasteiger partial charge < -0.3 is 24.1 Å². The largest absolute Gasteiger partial charge is 0.387 e. The molecule has 1 N–H and O–H groups in total. The molecule has 2 aromatic rings. The van der Waals surface area contributed by atoms with E-state index < -0.39 is 24.6 Å². The summed E-state index contributed by atoms with van der Waals surface area (Å²) in [6, 6.07) is 19.8. The molecule has 28 heavy (non-hydrogen) atoms. The predicted molar refractivity (Wildman–Crippen MR) is 108 cm³/mol. The first-order valence-electron chi connectivity index (χ1n) is 9.69. The molecule has 0 unspecified atom stereocenters. The Morgan fingerprint density at radius 2 is 1.75 bits per heavy atom. The molecule has 0 aromatic heterocycles. The maximum absolute atomic E-state index is 10.9. The summed E-state index contributed by atoms with van der Waals surface area (Å²) in [5.41, 5.74) is 1.65. The minimum atomic E-state index is -0.774. The van der Waals surface area contributed by atoms with Gasteiger partial charge in [-0.15, -0.1) is 11.8 Å². The number of rotatable bonds is 6. The molecular weight excluding hydrogens is 376 g/mol. The Kier molecular flexibility index (Phi) is 6.67. The molecule has 2 saturated heterocycles. The molecule has 0 spiro atoms. The number of hydrogen-bond acceptors (Lipinski definition) is 6. The monoisotopic (exact) mass is 402 g/mol. The summed E-state index contributed by atoms with van der Waals surface area (Å²) in [7, 11) is 0. The summed E-state index contributed by atoms with van der Waals surface area (Å²) in [6.45, 7) is 2.87. The normalized spacial score (nSPS) is 32.6. The van der Waals surface area contributed by atoms with Crippen molar-refractivity contribution in [3.8, 4) is 0 Å². The molecule has 2 aromatic carbocycles. The molecule has 0 radical (unpaired) electrons. The molecule has 0 aliphatic carbocycles. The van der Waals surface area contributed by atoms with E-state index in [2.05, 4.69) is 0 Å². The van der Waals surface area contributed by atoms with Crippen molar-refractivity contribution < 1.29 is 24.1 Å². The van der Waals surface area contributed by atoms with Gasteiger partial charge >= 0.3 is 0 Å². The van der Waals surface area contributed by atoms with Crippen molar-refractivity contribution in [2.45, 2.75) is 49.7 Å². The van der Waals surface area contributed by atoms with Crippen molar-refractivity contribution in [3.63, 3.8) is 0 Å².